The van der Waals surface area contributed by atoms with Gasteiger partial charge in [-0.3, -0.25) is 4.79 Å². The van der Waals surface area contributed by atoms with E-state index >= 15 is 0 Å². The van der Waals surface area contributed by atoms with Gasteiger partial charge in [0.05, 0.1) is 9.09 Å². The monoisotopic (exact) mass is 202 g/mol. The van der Waals surface area contributed by atoms with Crippen LogP contribution in [0.3, 0.4) is 0 Å². The zero-order valence-electron chi connectivity index (χ0n) is 6.53. The zero-order chi connectivity index (χ0) is 8.81. The molecule has 1 aromatic rings. The number of rotatable bonds is 5. The summed E-state index contributed by atoms with van der Waals surface area (Å²) in [4.78, 5) is 11.1. The minimum absolute atomic E-state index is 0.235. The molecule has 4 heteroatoms. The smallest absolute Gasteiger partial charge is 0.160 e. The van der Waals surface area contributed by atoms with E-state index in [1.54, 1.807) is 11.8 Å². The number of hydrogen-bond donors (Lipinski definition) is 1. The Kier molecular flexibility index (Phi) is 4.35. The van der Waals surface area contributed by atoms with Crippen LogP contribution in [0.25, 0.3) is 0 Å². The first-order valence-corrected chi connectivity index (χ1v) is 5.45. The number of thioether (sulfide) groups is 1. The van der Waals surface area contributed by atoms with Crippen LogP contribution < -0.4 is 0 Å². The van der Waals surface area contributed by atoms with Crippen molar-refractivity contribution >= 4 is 29.4 Å². The van der Waals surface area contributed by atoms with E-state index < -0.39 is 0 Å². The first-order valence-electron chi connectivity index (χ1n) is 3.65. The lowest BCUT2D eigenvalue weighted by atomic mass is 10.5. The second kappa shape index (κ2) is 5.35. The first-order chi connectivity index (χ1) is 5.86. The normalized spacial score (nSPS) is 10.1. The Morgan fingerprint density at radius 3 is 3.00 bits per heavy atom. The molecule has 66 valence electrons. The highest BCUT2D eigenvalue weighted by atomic mass is 32.2. The van der Waals surface area contributed by atoms with E-state index in [2.05, 4.69) is 0 Å². The minimum Gasteiger partial charge on any atom is -0.396 e. The number of thiophene rings is 1. The van der Waals surface area contributed by atoms with Gasteiger partial charge in [0.15, 0.2) is 6.29 Å². The van der Waals surface area contributed by atoms with Crippen LogP contribution in [0, 0.1) is 0 Å². The maximum absolute atomic E-state index is 10.3. The predicted octanol–water partition coefficient (Wildman–Crippen LogP) is 2.04. The van der Waals surface area contributed by atoms with Crippen LogP contribution in [0.5, 0.6) is 0 Å². The molecule has 0 aliphatic heterocycles. The summed E-state index contributed by atoms with van der Waals surface area (Å²) in [6.07, 6.45) is 1.67. The molecule has 0 bridgehead atoms. The van der Waals surface area contributed by atoms with Gasteiger partial charge in [-0.2, -0.15) is 0 Å². The number of hydrogen-bond acceptors (Lipinski definition) is 4. The summed E-state index contributed by atoms with van der Waals surface area (Å²) in [7, 11) is 0. The topological polar surface area (TPSA) is 37.3 Å². The Hall–Kier alpha value is -0.320. The molecule has 1 N–H and O–H groups in total. The third kappa shape index (κ3) is 2.97. The lowest BCUT2D eigenvalue weighted by Gasteiger charge is -1.93. The molecule has 0 fully saturated rings. The van der Waals surface area contributed by atoms with E-state index in [4.69, 9.17) is 5.11 Å². The van der Waals surface area contributed by atoms with Gasteiger partial charge < -0.3 is 5.11 Å². The van der Waals surface area contributed by atoms with Crippen molar-refractivity contribution < 1.29 is 9.90 Å². The van der Waals surface area contributed by atoms with Crippen LogP contribution in [-0.2, 0) is 0 Å². The third-order valence-electron chi connectivity index (χ3n) is 1.27. The first kappa shape index (κ1) is 9.77. The van der Waals surface area contributed by atoms with Crippen LogP contribution in [-0.4, -0.2) is 23.8 Å². The summed E-state index contributed by atoms with van der Waals surface area (Å²) >= 11 is 3.18. The van der Waals surface area contributed by atoms with Gasteiger partial charge in [-0.05, 0) is 18.6 Å². The Labute approximate surface area is 79.6 Å². The van der Waals surface area contributed by atoms with Crippen molar-refractivity contribution in [2.75, 3.05) is 12.4 Å². The summed E-state index contributed by atoms with van der Waals surface area (Å²) in [5, 5.41) is 8.53. The maximum atomic E-state index is 10.3. The van der Waals surface area contributed by atoms with E-state index in [0.29, 0.717) is 0 Å². The molecule has 0 saturated carbocycles. The Morgan fingerprint density at radius 2 is 2.42 bits per heavy atom. The van der Waals surface area contributed by atoms with Gasteiger partial charge in [-0.1, -0.05) is 0 Å². The van der Waals surface area contributed by atoms with E-state index in [1.165, 1.54) is 11.3 Å². The molecule has 0 aliphatic rings. The van der Waals surface area contributed by atoms with Gasteiger partial charge in [0.25, 0.3) is 0 Å². The fraction of sp³-hybridized carbons (Fsp3) is 0.375. The SMILES string of the molecule is O=Cc1ccc(SCCCO)s1. The van der Waals surface area contributed by atoms with E-state index in [9.17, 15) is 4.79 Å². The zero-order valence-corrected chi connectivity index (χ0v) is 8.16. The van der Waals surface area contributed by atoms with Gasteiger partial charge in [0.2, 0.25) is 0 Å². The number of aldehydes is 1. The standard InChI is InChI=1S/C8H10O2S2/c9-4-1-5-11-8-3-2-7(6-10)12-8/h2-3,6,9H,1,4-5H2. The van der Waals surface area contributed by atoms with Crippen LogP contribution in [0.15, 0.2) is 16.3 Å². The van der Waals surface area contributed by atoms with Crippen molar-refractivity contribution in [1.82, 2.24) is 0 Å². The number of aliphatic hydroxyl groups excluding tert-OH is 1. The van der Waals surface area contributed by atoms with E-state index in [-0.39, 0.29) is 6.61 Å². The highest BCUT2D eigenvalue weighted by molar-refractivity contribution is 8.01. The molecule has 1 heterocycles. The molecule has 2 nitrogen and oxygen atoms in total. The van der Waals surface area contributed by atoms with Crippen molar-refractivity contribution in [2.45, 2.75) is 10.6 Å². The quantitative estimate of drug-likeness (QED) is 0.451. The largest absolute Gasteiger partial charge is 0.396 e. The summed E-state index contributed by atoms with van der Waals surface area (Å²) in [5.74, 6) is 0.912. The summed E-state index contributed by atoms with van der Waals surface area (Å²) < 4.78 is 1.14. The molecule has 0 saturated heterocycles. The number of carbonyl (C=O) groups is 1. The van der Waals surface area contributed by atoms with E-state index in [0.717, 1.165) is 27.5 Å². The molecule has 0 unspecified atom stereocenters. The Bertz CT molecular complexity index is 245. The summed E-state index contributed by atoms with van der Waals surface area (Å²) in [6.45, 7) is 0.235. The molecular weight excluding hydrogens is 192 g/mol. The molecule has 0 radical (unpaired) electrons. The van der Waals surface area contributed by atoms with Crippen LogP contribution >= 0.6 is 23.1 Å². The molecule has 0 amide bonds. The second-order valence-corrected chi connectivity index (χ2v) is 4.71. The van der Waals surface area contributed by atoms with Gasteiger partial charge in [0.1, 0.15) is 0 Å². The number of aliphatic hydroxyl groups is 1. The van der Waals surface area contributed by atoms with Crippen LogP contribution in [0.2, 0.25) is 0 Å². The molecule has 1 aromatic heterocycles. The second-order valence-electron chi connectivity index (χ2n) is 2.20. The highest BCUT2D eigenvalue weighted by Gasteiger charge is 1.98. The van der Waals surface area contributed by atoms with Gasteiger partial charge >= 0.3 is 0 Å². The lowest BCUT2D eigenvalue weighted by Crippen LogP contribution is -1.83. The van der Waals surface area contributed by atoms with Crippen molar-refractivity contribution in [2.24, 2.45) is 0 Å². The average molecular weight is 202 g/mol. The molecule has 12 heavy (non-hydrogen) atoms. The summed E-state index contributed by atoms with van der Waals surface area (Å²) in [5.41, 5.74) is 0. The fourth-order valence-corrected chi connectivity index (χ4v) is 2.68. The van der Waals surface area contributed by atoms with E-state index in [1.807, 2.05) is 12.1 Å². The predicted molar refractivity (Wildman–Crippen MR) is 52.1 cm³/mol. The van der Waals surface area contributed by atoms with Gasteiger partial charge in [-0.15, -0.1) is 23.1 Å². The molecule has 0 atom stereocenters. The van der Waals surface area contributed by atoms with Gasteiger partial charge in [-0.25, -0.2) is 0 Å². The maximum Gasteiger partial charge on any atom is 0.160 e. The minimum atomic E-state index is 0.235. The van der Waals surface area contributed by atoms with Gasteiger partial charge in [0, 0.05) is 12.4 Å². The Morgan fingerprint density at radius 1 is 1.58 bits per heavy atom. The lowest BCUT2D eigenvalue weighted by molar-refractivity contribution is 0.112. The highest BCUT2D eigenvalue weighted by Crippen LogP contribution is 2.26. The molecular formula is C8H10O2S2. The molecule has 0 aliphatic carbocycles. The van der Waals surface area contributed by atoms with Crippen molar-refractivity contribution in [3.63, 3.8) is 0 Å². The van der Waals surface area contributed by atoms with Crippen molar-refractivity contribution in [3.8, 4) is 0 Å². The third-order valence-corrected chi connectivity index (χ3v) is 3.59. The fourth-order valence-electron chi connectivity index (χ4n) is 0.713. The van der Waals surface area contributed by atoms with Crippen LogP contribution in [0.1, 0.15) is 16.1 Å². The van der Waals surface area contributed by atoms with Crippen molar-refractivity contribution in [3.05, 3.63) is 17.0 Å². The molecule has 0 spiro atoms. The average Bonchev–Trinajstić information content (AvgIpc) is 2.53. The van der Waals surface area contributed by atoms with Crippen LogP contribution in [0.4, 0.5) is 0 Å². The summed E-state index contributed by atoms with van der Waals surface area (Å²) in [6, 6.07) is 3.76. The van der Waals surface area contributed by atoms with Crippen molar-refractivity contribution in [1.29, 1.82) is 0 Å². The Balaban J connectivity index is 2.36. The molecule has 0 aromatic carbocycles. The molecule has 1 rings (SSSR count). The number of carbonyl (C=O) groups excluding carboxylic acids is 1.